The summed E-state index contributed by atoms with van der Waals surface area (Å²) >= 11 is 0. The number of hydrogen-bond acceptors (Lipinski definition) is 1. The molecular weight excluding hydrogens is 256 g/mol. The average Bonchev–Trinajstić information content (AvgIpc) is 2.56. The summed E-state index contributed by atoms with van der Waals surface area (Å²) in [5, 5.41) is 2.43. The molecule has 0 radical (unpaired) electrons. The molecule has 0 aliphatic rings. The Morgan fingerprint density at radius 1 is 0.810 bits per heavy atom. The molecule has 21 heavy (non-hydrogen) atoms. The first-order chi connectivity index (χ1) is 10.3. The number of benzene rings is 3. The minimum Gasteiger partial charge on any atom is -0.294 e. The molecule has 0 aliphatic heterocycles. The monoisotopic (exact) mass is 272 g/mol. The third kappa shape index (κ3) is 3.09. The molecule has 0 unspecified atom stereocenters. The number of rotatable bonds is 4. The molecule has 0 fully saturated rings. The highest BCUT2D eigenvalue weighted by Gasteiger charge is 2.02. The number of ketones is 1. The zero-order chi connectivity index (χ0) is 14.5. The molecule has 0 saturated heterocycles. The van der Waals surface area contributed by atoms with Gasteiger partial charge in [-0.1, -0.05) is 84.9 Å². The van der Waals surface area contributed by atoms with Gasteiger partial charge in [0.2, 0.25) is 0 Å². The second kappa shape index (κ2) is 6.19. The Morgan fingerprint density at radius 3 is 2.38 bits per heavy atom. The molecule has 0 saturated carbocycles. The molecule has 0 bridgehead atoms. The van der Waals surface area contributed by atoms with E-state index < -0.39 is 0 Å². The highest BCUT2D eigenvalue weighted by atomic mass is 16.1. The summed E-state index contributed by atoms with van der Waals surface area (Å²) < 4.78 is 0. The quantitative estimate of drug-likeness (QED) is 0.602. The molecule has 0 spiro atoms. The van der Waals surface area contributed by atoms with Gasteiger partial charge in [-0.2, -0.15) is 0 Å². The van der Waals surface area contributed by atoms with Gasteiger partial charge in [0, 0.05) is 12.0 Å². The molecule has 0 aliphatic carbocycles. The molecule has 3 aromatic rings. The van der Waals surface area contributed by atoms with E-state index in [0.29, 0.717) is 6.42 Å². The predicted octanol–water partition coefficient (Wildman–Crippen LogP) is 5.13. The Balaban J connectivity index is 1.78. The van der Waals surface area contributed by atoms with Crippen LogP contribution < -0.4 is 0 Å². The summed E-state index contributed by atoms with van der Waals surface area (Å²) in [7, 11) is 0. The van der Waals surface area contributed by atoms with Crippen LogP contribution in [0.1, 0.15) is 22.3 Å². The Kier molecular flexibility index (Phi) is 3.92. The van der Waals surface area contributed by atoms with Gasteiger partial charge in [-0.3, -0.25) is 4.79 Å². The van der Waals surface area contributed by atoms with Gasteiger partial charge in [-0.25, -0.2) is 0 Å². The van der Waals surface area contributed by atoms with Crippen molar-refractivity contribution in [2.75, 3.05) is 0 Å². The second-order valence-electron chi connectivity index (χ2n) is 4.96. The van der Waals surface area contributed by atoms with E-state index in [1.54, 1.807) is 0 Å². The predicted molar refractivity (Wildman–Crippen MR) is 88.4 cm³/mol. The molecule has 3 rings (SSSR count). The van der Waals surface area contributed by atoms with Gasteiger partial charge in [-0.05, 0) is 16.3 Å². The van der Waals surface area contributed by atoms with Crippen LogP contribution in [0.2, 0.25) is 0 Å². The SMILES string of the molecule is O=C(C/C=C/c1cccc2ccccc12)c1ccccc1. The normalized spacial score (nSPS) is 11.0. The molecule has 0 heterocycles. The molecule has 0 atom stereocenters. The second-order valence-corrected chi connectivity index (χ2v) is 4.96. The van der Waals surface area contributed by atoms with Crippen molar-refractivity contribution >= 4 is 22.6 Å². The largest absolute Gasteiger partial charge is 0.294 e. The van der Waals surface area contributed by atoms with Gasteiger partial charge in [-0.15, -0.1) is 0 Å². The van der Waals surface area contributed by atoms with Crippen LogP contribution in [0.3, 0.4) is 0 Å². The number of carbonyl (C=O) groups excluding carboxylic acids is 1. The third-order valence-corrected chi connectivity index (χ3v) is 3.52. The van der Waals surface area contributed by atoms with Gasteiger partial charge < -0.3 is 0 Å². The smallest absolute Gasteiger partial charge is 0.166 e. The average molecular weight is 272 g/mol. The zero-order valence-corrected chi connectivity index (χ0v) is 11.7. The Hall–Kier alpha value is -2.67. The first-order valence-corrected chi connectivity index (χ1v) is 7.07. The fourth-order valence-corrected chi connectivity index (χ4v) is 2.43. The minimum atomic E-state index is 0.145. The van der Waals surface area contributed by atoms with Crippen molar-refractivity contribution in [3.05, 3.63) is 90.0 Å². The summed E-state index contributed by atoms with van der Waals surface area (Å²) in [6.07, 6.45) is 4.40. The fourth-order valence-electron chi connectivity index (χ4n) is 2.43. The van der Waals surface area contributed by atoms with Crippen molar-refractivity contribution in [3.63, 3.8) is 0 Å². The van der Waals surface area contributed by atoms with Gasteiger partial charge in [0.15, 0.2) is 5.78 Å². The first kappa shape index (κ1) is 13.3. The van der Waals surface area contributed by atoms with E-state index in [1.165, 1.54) is 10.8 Å². The highest BCUT2D eigenvalue weighted by Crippen LogP contribution is 2.19. The minimum absolute atomic E-state index is 0.145. The number of Topliss-reactive ketones (excluding diaryl/α,β-unsaturated/α-hetero) is 1. The van der Waals surface area contributed by atoms with Gasteiger partial charge >= 0.3 is 0 Å². The lowest BCUT2D eigenvalue weighted by atomic mass is 10.0. The summed E-state index contributed by atoms with van der Waals surface area (Å²) in [4.78, 5) is 12.0. The van der Waals surface area contributed by atoms with Crippen molar-refractivity contribution < 1.29 is 4.79 Å². The van der Waals surface area contributed by atoms with Crippen LogP contribution in [0.25, 0.3) is 16.8 Å². The fraction of sp³-hybridized carbons (Fsp3) is 0.0500. The van der Waals surface area contributed by atoms with Crippen LogP contribution in [0.5, 0.6) is 0 Å². The lowest BCUT2D eigenvalue weighted by Crippen LogP contribution is -1.95. The van der Waals surface area contributed by atoms with Crippen molar-refractivity contribution in [2.24, 2.45) is 0 Å². The lowest BCUT2D eigenvalue weighted by molar-refractivity contribution is 0.0996. The molecular formula is C20H16O. The summed E-state index contributed by atoms with van der Waals surface area (Å²) in [6.45, 7) is 0. The maximum Gasteiger partial charge on any atom is 0.166 e. The van der Waals surface area contributed by atoms with Gasteiger partial charge in [0.25, 0.3) is 0 Å². The van der Waals surface area contributed by atoms with Crippen LogP contribution >= 0.6 is 0 Å². The standard InChI is InChI=1S/C20H16O/c21-20(18-9-2-1-3-10-18)15-7-13-17-12-6-11-16-8-4-5-14-19(16)17/h1-14H,15H2/b13-7+. The Bertz CT molecular complexity index is 780. The number of hydrogen-bond donors (Lipinski definition) is 0. The van der Waals surface area contributed by atoms with E-state index in [9.17, 15) is 4.79 Å². The maximum absolute atomic E-state index is 12.0. The summed E-state index contributed by atoms with van der Waals surface area (Å²) in [5.74, 6) is 0.145. The van der Waals surface area contributed by atoms with E-state index >= 15 is 0 Å². The van der Waals surface area contributed by atoms with Crippen LogP contribution in [0.15, 0.2) is 78.9 Å². The summed E-state index contributed by atoms with van der Waals surface area (Å²) in [6, 6.07) is 23.9. The van der Waals surface area contributed by atoms with Crippen LogP contribution in [-0.2, 0) is 0 Å². The third-order valence-electron chi connectivity index (χ3n) is 3.52. The zero-order valence-electron chi connectivity index (χ0n) is 11.7. The molecule has 102 valence electrons. The van der Waals surface area contributed by atoms with Crippen LogP contribution in [0, 0.1) is 0 Å². The Labute approximate surface area is 124 Å². The lowest BCUT2D eigenvalue weighted by Gasteiger charge is -2.01. The van der Waals surface area contributed by atoms with Crippen molar-refractivity contribution in [1.82, 2.24) is 0 Å². The van der Waals surface area contributed by atoms with Crippen LogP contribution in [-0.4, -0.2) is 5.78 Å². The molecule has 0 aromatic heterocycles. The first-order valence-electron chi connectivity index (χ1n) is 7.07. The van der Waals surface area contributed by atoms with E-state index in [2.05, 4.69) is 24.3 Å². The van der Waals surface area contributed by atoms with E-state index in [4.69, 9.17) is 0 Å². The van der Waals surface area contributed by atoms with Crippen LogP contribution in [0.4, 0.5) is 0 Å². The molecule has 1 heteroatoms. The van der Waals surface area contributed by atoms with Crippen molar-refractivity contribution in [2.45, 2.75) is 6.42 Å². The number of allylic oxidation sites excluding steroid dienone is 1. The summed E-state index contributed by atoms with van der Waals surface area (Å²) in [5.41, 5.74) is 1.91. The van der Waals surface area contributed by atoms with E-state index in [0.717, 1.165) is 11.1 Å². The molecule has 0 amide bonds. The highest BCUT2D eigenvalue weighted by molar-refractivity contribution is 5.97. The molecule has 3 aromatic carbocycles. The van der Waals surface area contributed by atoms with Gasteiger partial charge in [0.05, 0.1) is 0 Å². The van der Waals surface area contributed by atoms with Gasteiger partial charge in [0.1, 0.15) is 0 Å². The van der Waals surface area contributed by atoms with E-state index in [-0.39, 0.29) is 5.78 Å². The topological polar surface area (TPSA) is 17.1 Å². The Morgan fingerprint density at radius 2 is 1.52 bits per heavy atom. The number of carbonyl (C=O) groups is 1. The van der Waals surface area contributed by atoms with E-state index in [1.807, 2.05) is 60.7 Å². The molecule has 1 nitrogen and oxygen atoms in total. The number of fused-ring (bicyclic) bond motifs is 1. The van der Waals surface area contributed by atoms with Crippen molar-refractivity contribution in [3.8, 4) is 0 Å². The van der Waals surface area contributed by atoms with Crippen molar-refractivity contribution in [1.29, 1.82) is 0 Å². The maximum atomic E-state index is 12.0. The molecule has 0 N–H and O–H groups in total.